The van der Waals surface area contributed by atoms with Crippen LogP contribution in [0.3, 0.4) is 0 Å². The third-order valence-corrected chi connectivity index (χ3v) is 4.05. The van der Waals surface area contributed by atoms with Crippen molar-refractivity contribution in [2.75, 3.05) is 11.9 Å². The standard InChI is InChI=1S/C16H22N2O3/c1-4-12-6-5-7-18(12)16(21)17-14-11(3)8-10(2)9-13(14)15(19)20/h8-9,12H,4-7H2,1-3H3,(H,17,21)(H,19,20). The molecule has 2 amide bonds. The van der Waals surface area contributed by atoms with Crippen molar-refractivity contribution in [3.05, 3.63) is 28.8 Å². The minimum absolute atomic E-state index is 0.146. The number of carbonyl (C=O) groups is 2. The number of nitrogens with one attached hydrogen (secondary N) is 1. The molecule has 1 aliphatic rings. The molecular weight excluding hydrogens is 268 g/mol. The van der Waals surface area contributed by atoms with E-state index < -0.39 is 5.97 Å². The number of carbonyl (C=O) groups excluding carboxylic acids is 1. The van der Waals surface area contributed by atoms with Gasteiger partial charge in [-0.05, 0) is 50.3 Å². The van der Waals surface area contributed by atoms with Crippen molar-refractivity contribution in [2.45, 2.75) is 46.1 Å². The summed E-state index contributed by atoms with van der Waals surface area (Å²) in [6, 6.07) is 3.52. The number of aromatic carboxylic acids is 1. The predicted octanol–water partition coefficient (Wildman–Crippen LogP) is 3.41. The van der Waals surface area contributed by atoms with Gasteiger partial charge in [0.25, 0.3) is 0 Å². The zero-order valence-corrected chi connectivity index (χ0v) is 12.8. The highest BCUT2D eigenvalue weighted by atomic mass is 16.4. The van der Waals surface area contributed by atoms with Crippen LogP contribution in [0.2, 0.25) is 0 Å². The van der Waals surface area contributed by atoms with Gasteiger partial charge in [0.2, 0.25) is 0 Å². The Hall–Kier alpha value is -2.04. The summed E-state index contributed by atoms with van der Waals surface area (Å²) in [4.78, 5) is 25.6. The molecule has 1 unspecified atom stereocenters. The van der Waals surface area contributed by atoms with Crippen LogP contribution >= 0.6 is 0 Å². The predicted molar refractivity (Wildman–Crippen MR) is 81.9 cm³/mol. The van der Waals surface area contributed by atoms with Crippen molar-refractivity contribution in [1.82, 2.24) is 4.90 Å². The number of anilines is 1. The maximum absolute atomic E-state index is 12.4. The number of carboxylic acid groups (broad SMARTS) is 1. The molecule has 1 atom stereocenters. The van der Waals surface area contributed by atoms with Gasteiger partial charge in [-0.1, -0.05) is 13.0 Å². The van der Waals surface area contributed by atoms with E-state index in [0.717, 1.165) is 36.9 Å². The van der Waals surface area contributed by atoms with Gasteiger partial charge in [-0.25, -0.2) is 9.59 Å². The number of rotatable bonds is 3. The van der Waals surface area contributed by atoms with Crippen LogP contribution in [0.15, 0.2) is 12.1 Å². The van der Waals surface area contributed by atoms with E-state index in [2.05, 4.69) is 12.2 Å². The monoisotopic (exact) mass is 290 g/mol. The number of carboxylic acids is 1. The van der Waals surface area contributed by atoms with E-state index in [1.165, 1.54) is 0 Å². The molecule has 0 aromatic heterocycles. The van der Waals surface area contributed by atoms with Crippen LogP contribution < -0.4 is 5.32 Å². The van der Waals surface area contributed by atoms with Gasteiger partial charge in [-0.15, -0.1) is 0 Å². The first-order chi connectivity index (χ1) is 9.93. The summed E-state index contributed by atoms with van der Waals surface area (Å²) in [5, 5.41) is 12.1. The molecule has 0 saturated carbocycles. The third kappa shape index (κ3) is 3.17. The number of aryl methyl sites for hydroxylation is 2. The number of benzene rings is 1. The first-order valence-electron chi connectivity index (χ1n) is 7.36. The van der Waals surface area contributed by atoms with Crippen LogP contribution in [0, 0.1) is 13.8 Å². The number of likely N-dealkylation sites (tertiary alicyclic amines) is 1. The molecule has 1 saturated heterocycles. The van der Waals surface area contributed by atoms with Gasteiger partial charge in [0.1, 0.15) is 0 Å². The molecule has 1 heterocycles. The van der Waals surface area contributed by atoms with Crippen molar-refractivity contribution < 1.29 is 14.7 Å². The first-order valence-corrected chi connectivity index (χ1v) is 7.36. The Kier molecular flexibility index (Phi) is 4.50. The molecule has 1 aromatic rings. The van der Waals surface area contributed by atoms with Crippen LogP contribution in [0.25, 0.3) is 0 Å². The van der Waals surface area contributed by atoms with E-state index in [-0.39, 0.29) is 17.6 Å². The molecule has 2 rings (SSSR count). The van der Waals surface area contributed by atoms with Crippen LogP contribution in [0.4, 0.5) is 10.5 Å². The average Bonchev–Trinajstić information content (AvgIpc) is 2.89. The number of hydrogen-bond donors (Lipinski definition) is 2. The maximum Gasteiger partial charge on any atom is 0.337 e. The second-order valence-electron chi connectivity index (χ2n) is 5.64. The van der Waals surface area contributed by atoms with Crippen molar-refractivity contribution in [3.8, 4) is 0 Å². The molecule has 114 valence electrons. The normalized spacial score (nSPS) is 17.9. The van der Waals surface area contributed by atoms with E-state index in [9.17, 15) is 14.7 Å². The number of nitrogens with zero attached hydrogens (tertiary/aromatic N) is 1. The Morgan fingerprint density at radius 2 is 2.10 bits per heavy atom. The lowest BCUT2D eigenvalue weighted by Crippen LogP contribution is -2.38. The van der Waals surface area contributed by atoms with Gasteiger partial charge < -0.3 is 15.3 Å². The summed E-state index contributed by atoms with van der Waals surface area (Å²) in [6.45, 7) is 6.46. The lowest BCUT2D eigenvalue weighted by atomic mass is 10.0. The van der Waals surface area contributed by atoms with Crippen molar-refractivity contribution in [3.63, 3.8) is 0 Å². The van der Waals surface area contributed by atoms with Crippen LogP contribution in [-0.2, 0) is 0 Å². The van der Waals surface area contributed by atoms with Gasteiger partial charge in [0, 0.05) is 12.6 Å². The molecule has 1 fully saturated rings. The Bertz CT molecular complexity index is 569. The van der Waals surface area contributed by atoms with E-state index in [1.54, 1.807) is 6.07 Å². The Labute approximate surface area is 125 Å². The fourth-order valence-corrected chi connectivity index (χ4v) is 3.01. The molecule has 1 aromatic carbocycles. The molecular formula is C16H22N2O3. The lowest BCUT2D eigenvalue weighted by molar-refractivity contribution is 0.0698. The first kappa shape index (κ1) is 15.4. The van der Waals surface area contributed by atoms with Crippen LogP contribution in [0.1, 0.15) is 47.7 Å². The fourth-order valence-electron chi connectivity index (χ4n) is 3.01. The summed E-state index contributed by atoms with van der Waals surface area (Å²) in [5.41, 5.74) is 2.19. The summed E-state index contributed by atoms with van der Waals surface area (Å²) in [7, 11) is 0. The van der Waals surface area contributed by atoms with Crippen LogP contribution in [-0.4, -0.2) is 34.6 Å². The second-order valence-corrected chi connectivity index (χ2v) is 5.64. The molecule has 0 spiro atoms. The highest BCUT2D eigenvalue weighted by Gasteiger charge is 2.28. The van der Waals surface area contributed by atoms with Crippen molar-refractivity contribution >= 4 is 17.7 Å². The van der Waals surface area contributed by atoms with Gasteiger partial charge >= 0.3 is 12.0 Å². The van der Waals surface area contributed by atoms with Crippen molar-refractivity contribution in [2.24, 2.45) is 0 Å². The smallest absolute Gasteiger partial charge is 0.337 e. The van der Waals surface area contributed by atoms with E-state index in [0.29, 0.717) is 5.69 Å². The highest BCUT2D eigenvalue weighted by molar-refractivity contribution is 6.01. The second kappa shape index (κ2) is 6.16. The van der Waals surface area contributed by atoms with Gasteiger partial charge in [0.15, 0.2) is 0 Å². The summed E-state index contributed by atoms with van der Waals surface area (Å²) in [5.74, 6) is -1.02. The summed E-state index contributed by atoms with van der Waals surface area (Å²) >= 11 is 0. The SMILES string of the molecule is CCC1CCCN1C(=O)Nc1c(C)cc(C)cc1C(=O)O. The largest absolute Gasteiger partial charge is 0.478 e. The number of amides is 2. The number of hydrogen-bond acceptors (Lipinski definition) is 2. The molecule has 0 bridgehead atoms. The molecule has 0 radical (unpaired) electrons. The molecule has 1 aliphatic heterocycles. The average molecular weight is 290 g/mol. The lowest BCUT2D eigenvalue weighted by Gasteiger charge is -2.25. The molecule has 0 aliphatic carbocycles. The molecule has 21 heavy (non-hydrogen) atoms. The zero-order valence-electron chi connectivity index (χ0n) is 12.8. The molecule has 2 N–H and O–H groups in total. The van der Waals surface area contributed by atoms with E-state index in [4.69, 9.17) is 0 Å². The van der Waals surface area contributed by atoms with Crippen molar-refractivity contribution in [1.29, 1.82) is 0 Å². The number of urea groups is 1. The van der Waals surface area contributed by atoms with E-state index >= 15 is 0 Å². The fraction of sp³-hybridized carbons (Fsp3) is 0.500. The van der Waals surface area contributed by atoms with Gasteiger partial charge in [-0.3, -0.25) is 0 Å². The minimum atomic E-state index is -1.02. The Balaban J connectivity index is 2.27. The van der Waals surface area contributed by atoms with Crippen LogP contribution in [0.5, 0.6) is 0 Å². The Morgan fingerprint density at radius 3 is 2.71 bits per heavy atom. The quantitative estimate of drug-likeness (QED) is 0.896. The maximum atomic E-state index is 12.4. The Morgan fingerprint density at radius 1 is 1.38 bits per heavy atom. The van der Waals surface area contributed by atoms with Gasteiger partial charge in [-0.2, -0.15) is 0 Å². The minimum Gasteiger partial charge on any atom is -0.478 e. The van der Waals surface area contributed by atoms with Gasteiger partial charge in [0.05, 0.1) is 11.3 Å². The zero-order chi connectivity index (χ0) is 15.6. The van der Waals surface area contributed by atoms with E-state index in [1.807, 2.05) is 24.8 Å². The summed E-state index contributed by atoms with van der Waals surface area (Å²) < 4.78 is 0. The molecule has 5 heteroatoms. The highest BCUT2D eigenvalue weighted by Crippen LogP contribution is 2.26. The topological polar surface area (TPSA) is 69.6 Å². The third-order valence-electron chi connectivity index (χ3n) is 4.05. The molecule has 5 nitrogen and oxygen atoms in total. The summed E-state index contributed by atoms with van der Waals surface area (Å²) in [6.07, 6.45) is 2.94.